The van der Waals surface area contributed by atoms with E-state index in [4.69, 9.17) is 11.6 Å². The molecule has 1 aliphatic rings. The normalized spacial score (nSPS) is 18.6. The first kappa shape index (κ1) is 22.5. The molecule has 32 heavy (non-hydrogen) atoms. The van der Waals surface area contributed by atoms with E-state index in [2.05, 4.69) is 17.2 Å². The maximum atomic E-state index is 14.1. The van der Waals surface area contributed by atoms with Crippen LogP contribution in [0.5, 0.6) is 5.75 Å². The number of phenols is 1. The summed E-state index contributed by atoms with van der Waals surface area (Å²) in [5, 5.41) is 14.1. The topological polar surface area (TPSA) is 62.2 Å². The van der Waals surface area contributed by atoms with Crippen molar-refractivity contribution in [2.45, 2.75) is 58.4 Å². The smallest absolute Gasteiger partial charge is 0.170 e. The monoisotopic (exact) mass is 454 g/mol. The molecule has 0 radical (unpaired) electrons. The number of aromatic nitrogens is 1. The number of aromatic hydroxyl groups is 1. The van der Waals surface area contributed by atoms with Crippen molar-refractivity contribution >= 4 is 34.0 Å². The van der Waals surface area contributed by atoms with Crippen LogP contribution >= 0.6 is 11.6 Å². The van der Waals surface area contributed by atoms with Gasteiger partial charge in [-0.15, -0.1) is 0 Å². The molecule has 0 bridgehead atoms. The number of hydrogen-bond donors (Lipinski definition) is 2. The van der Waals surface area contributed by atoms with Crippen molar-refractivity contribution in [1.29, 1.82) is 0 Å². The van der Waals surface area contributed by atoms with Crippen molar-refractivity contribution in [3.63, 3.8) is 0 Å². The van der Waals surface area contributed by atoms with Gasteiger partial charge in [-0.25, -0.2) is 4.39 Å². The zero-order chi connectivity index (χ0) is 22.8. The summed E-state index contributed by atoms with van der Waals surface area (Å²) >= 11 is 6.00. The molecule has 0 aliphatic heterocycles. The largest absolute Gasteiger partial charge is 0.504 e. The lowest BCUT2D eigenvalue weighted by Crippen LogP contribution is -2.26. The maximum Gasteiger partial charge on any atom is 0.170 e. The van der Waals surface area contributed by atoms with E-state index in [9.17, 15) is 14.3 Å². The predicted octanol–water partition coefficient (Wildman–Crippen LogP) is 7.37. The number of phenolic OH excluding ortho intramolecular Hbond substituents is 1. The van der Waals surface area contributed by atoms with E-state index in [0.29, 0.717) is 23.6 Å². The number of nitrogens with zero attached hydrogens (tertiary/aromatic N) is 1. The quantitative estimate of drug-likeness (QED) is 0.381. The number of ketones is 1. The minimum Gasteiger partial charge on any atom is -0.504 e. The van der Waals surface area contributed by atoms with E-state index < -0.39 is 11.6 Å². The Bertz CT molecular complexity index is 1130. The molecule has 168 valence electrons. The van der Waals surface area contributed by atoms with Crippen molar-refractivity contribution in [3.8, 4) is 16.9 Å². The Morgan fingerprint density at radius 2 is 1.94 bits per heavy atom. The first-order valence-electron chi connectivity index (χ1n) is 11.3. The zero-order valence-corrected chi connectivity index (χ0v) is 19.2. The third-order valence-corrected chi connectivity index (χ3v) is 6.65. The summed E-state index contributed by atoms with van der Waals surface area (Å²) in [5.74, 6) is -0.534. The van der Waals surface area contributed by atoms with Crippen molar-refractivity contribution in [1.82, 2.24) is 4.98 Å². The van der Waals surface area contributed by atoms with Gasteiger partial charge >= 0.3 is 0 Å². The van der Waals surface area contributed by atoms with Crippen LogP contribution in [0, 0.1) is 11.7 Å². The van der Waals surface area contributed by atoms with E-state index >= 15 is 0 Å². The summed E-state index contributed by atoms with van der Waals surface area (Å²) in [7, 11) is 0. The Morgan fingerprint density at radius 1 is 1.19 bits per heavy atom. The lowest BCUT2D eigenvalue weighted by molar-refractivity contribution is 0.0982. The van der Waals surface area contributed by atoms with Crippen LogP contribution in [0.25, 0.3) is 22.0 Å². The van der Waals surface area contributed by atoms with Gasteiger partial charge in [0.1, 0.15) is 0 Å². The Hall–Kier alpha value is -2.66. The fraction of sp³-hybridized carbons (Fsp3) is 0.385. The SMILES string of the molecule is CCCC(=O)c1cnc2ccc(-c3cc(F)c(O)c(Cl)c3)cc2c1NC1CCC(C)CC1. The second-order valence-electron chi connectivity index (χ2n) is 8.84. The van der Waals surface area contributed by atoms with Gasteiger partial charge in [-0.2, -0.15) is 0 Å². The van der Waals surface area contributed by atoms with Crippen LogP contribution in [0.4, 0.5) is 10.1 Å². The van der Waals surface area contributed by atoms with Crippen LogP contribution < -0.4 is 5.32 Å². The number of halogens is 2. The highest BCUT2D eigenvalue weighted by atomic mass is 35.5. The van der Waals surface area contributed by atoms with Gasteiger partial charge < -0.3 is 10.4 Å². The lowest BCUT2D eigenvalue weighted by Gasteiger charge is -2.29. The first-order chi connectivity index (χ1) is 15.4. The third kappa shape index (κ3) is 4.58. The number of fused-ring (bicyclic) bond motifs is 1. The van der Waals surface area contributed by atoms with Crippen LogP contribution in [0.1, 0.15) is 62.7 Å². The number of carbonyl (C=O) groups excluding carboxylic acids is 1. The van der Waals surface area contributed by atoms with E-state index in [-0.39, 0.29) is 10.8 Å². The maximum absolute atomic E-state index is 14.1. The van der Waals surface area contributed by atoms with Gasteiger partial charge in [0.25, 0.3) is 0 Å². The molecule has 0 spiro atoms. The van der Waals surface area contributed by atoms with E-state index in [1.54, 1.807) is 6.20 Å². The summed E-state index contributed by atoms with van der Waals surface area (Å²) in [5.41, 5.74) is 3.46. The number of pyridine rings is 1. The van der Waals surface area contributed by atoms with Gasteiger partial charge in [0.15, 0.2) is 17.3 Å². The fourth-order valence-electron chi connectivity index (χ4n) is 4.44. The first-order valence-corrected chi connectivity index (χ1v) is 11.7. The number of Topliss-reactive ketones (excluding diaryl/α,β-unsaturated/α-hetero) is 1. The molecule has 6 heteroatoms. The number of anilines is 1. The minimum absolute atomic E-state index is 0.0419. The second kappa shape index (κ2) is 9.45. The molecule has 1 heterocycles. The average Bonchev–Trinajstić information content (AvgIpc) is 2.78. The summed E-state index contributed by atoms with van der Waals surface area (Å²) < 4.78 is 14.1. The number of rotatable bonds is 6. The standard InChI is InChI=1S/C26H28ClFN2O2/c1-3-4-24(31)20-14-29-23-10-7-16(17-12-21(27)26(32)22(28)13-17)11-19(23)25(20)30-18-8-5-15(2)6-9-18/h7,10-15,18,32H,3-6,8-9H2,1-2H3,(H,29,30). The minimum atomic E-state index is -0.771. The van der Waals surface area contributed by atoms with Crippen LogP contribution in [0.15, 0.2) is 36.5 Å². The number of hydrogen-bond acceptors (Lipinski definition) is 4. The second-order valence-corrected chi connectivity index (χ2v) is 9.25. The molecular formula is C26H28ClFN2O2. The van der Waals surface area contributed by atoms with Gasteiger partial charge in [0.2, 0.25) is 0 Å². The van der Waals surface area contributed by atoms with Crippen LogP contribution in [0.3, 0.4) is 0 Å². The molecule has 4 rings (SSSR count). The lowest BCUT2D eigenvalue weighted by atomic mass is 9.87. The Morgan fingerprint density at radius 3 is 2.62 bits per heavy atom. The summed E-state index contributed by atoms with van der Waals surface area (Å²) in [6.07, 6.45) is 7.34. The van der Waals surface area contributed by atoms with Crippen molar-refractivity contribution in [3.05, 3.63) is 52.9 Å². The zero-order valence-electron chi connectivity index (χ0n) is 18.4. The number of carbonyl (C=O) groups is 1. The molecule has 1 aliphatic carbocycles. The molecule has 0 atom stereocenters. The molecule has 0 saturated heterocycles. The molecule has 2 aromatic carbocycles. The van der Waals surface area contributed by atoms with E-state index in [1.165, 1.54) is 12.1 Å². The average molecular weight is 455 g/mol. The molecular weight excluding hydrogens is 427 g/mol. The van der Waals surface area contributed by atoms with Crippen molar-refractivity contribution < 1.29 is 14.3 Å². The Labute approximate surface area is 192 Å². The fourth-order valence-corrected chi connectivity index (χ4v) is 4.65. The third-order valence-electron chi connectivity index (χ3n) is 6.36. The van der Waals surface area contributed by atoms with Crippen LogP contribution in [-0.4, -0.2) is 21.9 Å². The van der Waals surface area contributed by atoms with E-state index in [1.807, 2.05) is 25.1 Å². The highest BCUT2D eigenvalue weighted by Crippen LogP contribution is 2.36. The predicted molar refractivity (Wildman–Crippen MR) is 128 cm³/mol. The molecule has 0 unspecified atom stereocenters. The van der Waals surface area contributed by atoms with Gasteiger partial charge in [-0.3, -0.25) is 9.78 Å². The van der Waals surface area contributed by atoms with Gasteiger partial charge in [-0.1, -0.05) is 31.5 Å². The Balaban J connectivity index is 1.83. The number of nitrogens with one attached hydrogen (secondary N) is 1. The highest BCUT2D eigenvalue weighted by molar-refractivity contribution is 6.32. The summed E-state index contributed by atoms with van der Waals surface area (Å²) in [6, 6.07) is 8.73. The summed E-state index contributed by atoms with van der Waals surface area (Å²) in [4.78, 5) is 17.4. The molecule has 3 aromatic rings. The van der Waals surface area contributed by atoms with Crippen molar-refractivity contribution in [2.75, 3.05) is 5.32 Å². The van der Waals surface area contributed by atoms with Gasteiger partial charge in [0.05, 0.1) is 21.8 Å². The molecule has 1 fully saturated rings. The van der Waals surface area contributed by atoms with Crippen LogP contribution in [-0.2, 0) is 0 Å². The molecule has 1 aromatic heterocycles. The van der Waals surface area contributed by atoms with Gasteiger partial charge in [0, 0.05) is 24.0 Å². The van der Waals surface area contributed by atoms with E-state index in [0.717, 1.165) is 60.2 Å². The molecule has 1 saturated carbocycles. The summed E-state index contributed by atoms with van der Waals surface area (Å²) in [6.45, 7) is 4.27. The molecule has 2 N–H and O–H groups in total. The molecule has 4 nitrogen and oxygen atoms in total. The number of benzene rings is 2. The Kier molecular flexibility index (Phi) is 6.66. The van der Waals surface area contributed by atoms with Crippen LogP contribution in [0.2, 0.25) is 5.02 Å². The molecule has 0 amide bonds. The van der Waals surface area contributed by atoms with Crippen molar-refractivity contribution in [2.24, 2.45) is 5.92 Å². The van der Waals surface area contributed by atoms with Gasteiger partial charge in [-0.05, 0) is 73.4 Å². The highest BCUT2D eigenvalue weighted by Gasteiger charge is 2.22.